The van der Waals surface area contributed by atoms with E-state index in [9.17, 15) is 4.79 Å². The standard InChI is InChI=1S/C17H18N2O/c18-14-7-8-15(16(19)10-14)17(20)13-6-5-11-3-1-2-4-12(11)9-13/h5-10H,1-4,18-19H2. The van der Waals surface area contributed by atoms with Gasteiger partial charge in [0.2, 0.25) is 0 Å². The molecule has 0 saturated heterocycles. The van der Waals surface area contributed by atoms with Crippen molar-refractivity contribution in [1.29, 1.82) is 0 Å². The molecule has 0 unspecified atom stereocenters. The van der Waals surface area contributed by atoms with E-state index in [-0.39, 0.29) is 5.78 Å². The van der Waals surface area contributed by atoms with E-state index in [2.05, 4.69) is 6.07 Å². The van der Waals surface area contributed by atoms with Crippen molar-refractivity contribution >= 4 is 17.2 Å². The number of carbonyl (C=O) groups excluding carboxylic acids is 1. The Labute approximate surface area is 118 Å². The summed E-state index contributed by atoms with van der Waals surface area (Å²) in [7, 11) is 0. The second kappa shape index (κ2) is 5.00. The Kier molecular flexibility index (Phi) is 3.18. The van der Waals surface area contributed by atoms with Gasteiger partial charge in [-0.05, 0) is 61.1 Å². The maximum absolute atomic E-state index is 12.5. The summed E-state index contributed by atoms with van der Waals surface area (Å²) < 4.78 is 0. The van der Waals surface area contributed by atoms with Crippen LogP contribution >= 0.6 is 0 Å². The Hall–Kier alpha value is -2.29. The highest BCUT2D eigenvalue weighted by molar-refractivity contribution is 6.12. The SMILES string of the molecule is Nc1ccc(C(=O)c2ccc3c(c2)CCCC3)c(N)c1. The number of benzene rings is 2. The molecule has 3 nitrogen and oxygen atoms in total. The first-order valence-electron chi connectivity index (χ1n) is 6.96. The number of ketones is 1. The minimum absolute atomic E-state index is 0.0316. The lowest BCUT2D eigenvalue weighted by molar-refractivity contribution is 0.103. The van der Waals surface area contributed by atoms with Gasteiger partial charge in [-0.3, -0.25) is 4.79 Å². The number of hydrogen-bond donors (Lipinski definition) is 2. The Morgan fingerprint density at radius 2 is 1.65 bits per heavy atom. The number of rotatable bonds is 2. The fourth-order valence-electron chi connectivity index (χ4n) is 2.82. The van der Waals surface area contributed by atoms with Crippen LogP contribution in [0, 0.1) is 0 Å². The summed E-state index contributed by atoms with van der Waals surface area (Å²) in [4.78, 5) is 12.5. The average Bonchev–Trinajstić information content (AvgIpc) is 2.46. The number of aryl methyl sites for hydroxylation is 2. The predicted molar refractivity (Wildman–Crippen MR) is 81.8 cm³/mol. The van der Waals surface area contributed by atoms with E-state index in [0.29, 0.717) is 22.5 Å². The number of nitrogen functional groups attached to an aromatic ring is 2. The van der Waals surface area contributed by atoms with Crippen LogP contribution < -0.4 is 11.5 Å². The van der Waals surface area contributed by atoms with Crippen molar-refractivity contribution < 1.29 is 4.79 Å². The first-order chi connectivity index (χ1) is 9.65. The van der Waals surface area contributed by atoms with Crippen LogP contribution in [0.2, 0.25) is 0 Å². The molecule has 0 atom stereocenters. The largest absolute Gasteiger partial charge is 0.399 e. The molecule has 20 heavy (non-hydrogen) atoms. The zero-order chi connectivity index (χ0) is 14.1. The van der Waals surface area contributed by atoms with Crippen molar-refractivity contribution in [3.8, 4) is 0 Å². The topological polar surface area (TPSA) is 69.1 Å². The molecule has 102 valence electrons. The van der Waals surface area contributed by atoms with Gasteiger partial charge in [-0.1, -0.05) is 12.1 Å². The van der Waals surface area contributed by atoms with E-state index < -0.39 is 0 Å². The van der Waals surface area contributed by atoms with Gasteiger partial charge in [-0.2, -0.15) is 0 Å². The van der Waals surface area contributed by atoms with Crippen LogP contribution in [0.4, 0.5) is 11.4 Å². The van der Waals surface area contributed by atoms with Crippen molar-refractivity contribution in [2.24, 2.45) is 0 Å². The number of nitrogens with two attached hydrogens (primary N) is 2. The second-order valence-corrected chi connectivity index (χ2v) is 5.37. The van der Waals surface area contributed by atoms with Crippen molar-refractivity contribution in [2.45, 2.75) is 25.7 Å². The molecule has 0 saturated carbocycles. The molecule has 0 radical (unpaired) electrons. The fraction of sp³-hybridized carbons (Fsp3) is 0.235. The molecule has 1 aliphatic rings. The van der Waals surface area contributed by atoms with Crippen LogP contribution in [-0.4, -0.2) is 5.78 Å². The molecule has 1 aliphatic carbocycles. The highest BCUT2D eigenvalue weighted by Gasteiger charge is 2.16. The summed E-state index contributed by atoms with van der Waals surface area (Å²) >= 11 is 0. The number of fused-ring (bicyclic) bond motifs is 1. The molecular formula is C17H18N2O. The lowest BCUT2D eigenvalue weighted by Gasteiger charge is -2.16. The van der Waals surface area contributed by atoms with Crippen LogP contribution in [0.3, 0.4) is 0 Å². The van der Waals surface area contributed by atoms with Gasteiger partial charge < -0.3 is 11.5 Å². The normalized spacial score (nSPS) is 13.8. The maximum atomic E-state index is 12.5. The van der Waals surface area contributed by atoms with Crippen molar-refractivity contribution in [3.63, 3.8) is 0 Å². The van der Waals surface area contributed by atoms with Crippen LogP contribution in [-0.2, 0) is 12.8 Å². The summed E-state index contributed by atoms with van der Waals surface area (Å²) in [6.45, 7) is 0. The van der Waals surface area contributed by atoms with E-state index in [0.717, 1.165) is 12.8 Å². The Morgan fingerprint density at radius 1 is 0.900 bits per heavy atom. The third-order valence-corrected chi connectivity index (χ3v) is 3.93. The maximum Gasteiger partial charge on any atom is 0.195 e. The van der Waals surface area contributed by atoms with Gasteiger partial charge in [0, 0.05) is 22.5 Å². The van der Waals surface area contributed by atoms with Gasteiger partial charge >= 0.3 is 0 Å². The molecule has 2 aromatic carbocycles. The highest BCUT2D eigenvalue weighted by Crippen LogP contribution is 2.25. The minimum Gasteiger partial charge on any atom is -0.399 e. The summed E-state index contributed by atoms with van der Waals surface area (Å²) in [5.41, 5.74) is 16.5. The molecule has 2 aromatic rings. The van der Waals surface area contributed by atoms with Gasteiger partial charge in [-0.15, -0.1) is 0 Å². The van der Waals surface area contributed by atoms with Gasteiger partial charge in [0.25, 0.3) is 0 Å². The molecule has 3 heteroatoms. The molecule has 0 bridgehead atoms. The summed E-state index contributed by atoms with van der Waals surface area (Å²) in [5, 5.41) is 0. The Balaban J connectivity index is 1.98. The average molecular weight is 266 g/mol. The molecule has 0 aliphatic heterocycles. The zero-order valence-corrected chi connectivity index (χ0v) is 11.4. The van der Waals surface area contributed by atoms with Gasteiger partial charge in [-0.25, -0.2) is 0 Å². The molecule has 0 spiro atoms. The van der Waals surface area contributed by atoms with Crippen LogP contribution in [0.25, 0.3) is 0 Å². The molecule has 4 N–H and O–H groups in total. The van der Waals surface area contributed by atoms with Crippen LogP contribution in [0.5, 0.6) is 0 Å². The molecule has 3 rings (SSSR count). The molecule has 0 aromatic heterocycles. The third-order valence-electron chi connectivity index (χ3n) is 3.93. The van der Waals surface area contributed by atoms with E-state index >= 15 is 0 Å². The number of anilines is 2. The molecular weight excluding hydrogens is 248 g/mol. The Morgan fingerprint density at radius 3 is 2.40 bits per heavy atom. The first kappa shape index (κ1) is 12.7. The lowest BCUT2D eigenvalue weighted by Crippen LogP contribution is -2.09. The number of carbonyl (C=O) groups is 1. The molecule has 0 heterocycles. The second-order valence-electron chi connectivity index (χ2n) is 5.37. The minimum atomic E-state index is -0.0316. The predicted octanol–water partition coefficient (Wildman–Crippen LogP) is 2.96. The van der Waals surface area contributed by atoms with Crippen molar-refractivity contribution in [2.75, 3.05) is 11.5 Å². The lowest BCUT2D eigenvalue weighted by atomic mass is 9.89. The van der Waals surface area contributed by atoms with E-state index in [1.807, 2.05) is 12.1 Å². The van der Waals surface area contributed by atoms with E-state index in [1.54, 1.807) is 18.2 Å². The molecule has 0 amide bonds. The number of hydrogen-bond acceptors (Lipinski definition) is 3. The van der Waals surface area contributed by atoms with Gasteiger partial charge in [0.1, 0.15) is 0 Å². The van der Waals surface area contributed by atoms with Crippen molar-refractivity contribution in [3.05, 3.63) is 58.7 Å². The fourth-order valence-corrected chi connectivity index (χ4v) is 2.82. The summed E-state index contributed by atoms with van der Waals surface area (Å²) in [6, 6.07) is 11.0. The van der Waals surface area contributed by atoms with Crippen LogP contribution in [0.15, 0.2) is 36.4 Å². The summed E-state index contributed by atoms with van der Waals surface area (Å²) in [5.74, 6) is -0.0316. The quantitative estimate of drug-likeness (QED) is 0.648. The first-order valence-corrected chi connectivity index (χ1v) is 6.96. The molecule has 0 fully saturated rings. The smallest absolute Gasteiger partial charge is 0.195 e. The van der Waals surface area contributed by atoms with Gasteiger partial charge in [0.05, 0.1) is 0 Å². The third kappa shape index (κ3) is 2.27. The van der Waals surface area contributed by atoms with Crippen LogP contribution in [0.1, 0.15) is 39.9 Å². The summed E-state index contributed by atoms with van der Waals surface area (Å²) in [6.07, 6.45) is 4.63. The van der Waals surface area contributed by atoms with Gasteiger partial charge in [0.15, 0.2) is 5.78 Å². The zero-order valence-electron chi connectivity index (χ0n) is 11.4. The van der Waals surface area contributed by atoms with E-state index in [1.165, 1.54) is 24.0 Å². The van der Waals surface area contributed by atoms with E-state index in [4.69, 9.17) is 11.5 Å². The van der Waals surface area contributed by atoms with Crippen molar-refractivity contribution in [1.82, 2.24) is 0 Å². The highest BCUT2D eigenvalue weighted by atomic mass is 16.1. The monoisotopic (exact) mass is 266 g/mol. The Bertz CT molecular complexity index is 677.